The van der Waals surface area contributed by atoms with Crippen molar-refractivity contribution in [3.05, 3.63) is 52.2 Å². The van der Waals surface area contributed by atoms with Gasteiger partial charge in [-0.1, -0.05) is 17.8 Å². The maximum atomic E-state index is 13.7. The molecule has 38 heavy (non-hydrogen) atoms. The lowest BCUT2D eigenvalue weighted by Gasteiger charge is -2.41. The number of imide groups is 1. The molecule has 1 aliphatic carbocycles. The van der Waals surface area contributed by atoms with Crippen LogP contribution in [0.3, 0.4) is 0 Å². The van der Waals surface area contributed by atoms with Gasteiger partial charge in [0.1, 0.15) is 15.4 Å². The number of aromatic nitrogens is 3. The number of nitrogens with zero attached hydrogens (tertiary/aromatic N) is 6. The van der Waals surface area contributed by atoms with E-state index in [1.165, 1.54) is 11.0 Å². The lowest BCUT2D eigenvalue weighted by molar-refractivity contribution is -0.135. The van der Waals surface area contributed by atoms with E-state index in [4.69, 9.17) is 0 Å². The van der Waals surface area contributed by atoms with Gasteiger partial charge in [0, 0.05) is 43.6 Å². The number of carbonyl (C=O) groups is 2. The molecule has 3 amide bonds. The Kier molecular flexibility index (Phi) is 6.05. The minimum absolute atomic E-state index is 0.0383. The van der Waals surface area contributed by atoms with Crippen LogP contribution in [-0.2, 0) is 35.0 Å². The molecule has 0 bridgehead atoms. The van der Waals surface area contributed by atoms with Crippen molar-refractivity contribution in [2.24, 2.45) is 13.0 Å². The summed E-state index contributed by atoms with van der Waals surface area (Å²) in [6, 6.07) is 3.20. The van der Waals surface area contributed by atoms with Crippen LogP contribution in [0.25, 0.3) is 0 Å². The molecule has 2 atom stereocenters. The van der Waals surface area contributed by atoms with E-state index in [9.17, 15) is 23.1 Å². The zero-order chi connectivity index (χ0) is 26.8. The molecule has 0 spiro atoms. The number of hydrogen-bond donors (Lipinski definition) is 2. The number of fused-ring (bicyclic) bond motifs is 1. The summed E-state index contributed by atoms with van der Waals surface area (Å²) in [5.41, 5.74) is 0.985. The fraction of sp³-hybridized carbons (Fsp3) is 0.500. The van der Waals surface area contributed by atoms with Gasteiger partial charge in [0.05, 0.1) is 31.3 Å². The van der Waals surface area contributed by atoms with Crippen LogP contribution in [-0.4, -0.2) is 80.1 Å². The second-order valence-electron chi connectivity index (χ2n) is 10.6. The number of aliphatic hydroxyl groups excluding tert-OH is 1. The summed E-state index contributed by atoms with van der Waals surface area (Å²) in [7, 11) is -2.07. The summed E-state index contributed by atoms with van der Waals surface area (Å²) in [5.74, 6) is -0.497. The smallest absolute Gasteiger partial charge is 0.328 e. The number of β-amino-alcohol motifs (C(OH)–C–C–N with tert-alkyl or cyclic N) is 1. The van der Waals surface area contributed by atoms with E-state index in [0.29, 0.717) is 18.7 Å². The Hall–Kier alpha value is -2.94. The third-order valence-corrected chi connectivity index (χ3v) is 10.8. The van der Waals surface area contributed by atoms with Crippen LogP contribution < -0.4 is 9.62 Å². The quantitative estimate of drug-likeness (QED) is 0.484. The first kappa shape index (κ1) is 25.3. The highest BCUT2D eigenvalue weighted by molar-refractivity contribution is 8.18. The highest BCUT2D eigenvalue weighted by atomic mass is 32.3. The van der Waals surface area contributed by atoms with E-state index < -0.39 is 38.8 Å². The summed E-state index contributed by atoms with van der Waals surface area (Å²) in [5, 5.41) is 13.0. The molecule has 2 aromatic heterocycles. The van der Waals surface area contributed by atoms with Gasteiger partial charge in [0.15, 0.2) is 0 Å². The normalized spacial score (nSPS) is 24.9. The minimum Gasteiger partial charge on any atom is -0.389 e. The zero-order valence-electron chi connectivity index (χ0n) is 21.0. The van der Waals surface area contributed by atoms with Crippen LogP contribution in [0.1, 0.15) is 30.9 Å². The third kappa shape index (κ3) is 4.70. The third-order valence-electron chi connectivity index (χ3n) is 7.29. The van der Waals surface area contributed by atoms with Crippen LogP contribution in [0.5, 0.6) is 0 Å². The largest absolute Gasteiger partial charge is 0.389 e. The van der Waals surface area contributed by atoms with Crippen molar-refractivity contribution < 1.29 is 23.1 Å². The van der Waals surface area contributed by atoms with Crippen molar-refractivity contribution in [3.63, 3.8) is 0 Å². The van der Waals surface area contributed by atoms with Gasteiger partial charge in [-0.05, 0) is 37.5 Å². The molecule has 6 rings (SSSR count). The average molecular weight is 560 g/mol. The van der Waals surface area contributed by atoms with Gasteiger partial charge < -0.3 is 14.9 Å². The van der Waals surface area contributed by atoms with E-state index >= 15 is 0 Å². The first-order valence-electron chi connectivity index (χ1n) is 12.4. The Labute approximate surface area is 224 Å². The summed E-state index contributed by atoms with van der Waals surface area (Å²) in [6.45, 7) is 3.10. The van der Waals surface area contributed by atoms with E-state index in [0.717, 1.165) is 36.0 Å². The predicted octanol–water partition coefficient (Wildman–Crippen LogP) is 0.963. The summed E-state index contributed by atoms with van der Waals surface area (Å²) < 4.78 is 30.7. The highest BCUT2D eigenvalue weighted by Crippen LogP contribution is 2.46. The Balaban J connectivity index is 1.28. The van der Waals surface area contributed by atoms with Crippen molar-refractivity contribution in [1.29, 1.82) is 0 Å². The number of nitrogens with one attached hydrogen (secondary N) is 1. The number of carbonyl (C=O) groups excluding carboxylic acids is 2. The Morgan fingerprint density at radius 3 is 2.53 bits per heavy atom. The zero-order valence-corrected chi connectivity index (χ0v) is 22.7. The van der Waals surface area contributed by atoms with E-state index in [1.807, 2.05) is 24.0 Å². The molecular weight excluding hydrogens is 530 g/mol. The molecule has 1 saturated carbocycles. The Morgan fingerprint density at radius 2 is 1.92 bits per heavy atom. The number of rotatable bonds is 8. The van der Waals surface area contributed by atoms with Gasteiger partial charge in [0.25, 0.3) is 0 Å². The molecule has 12 nitrogen and oxygen atoms in total. The molecule has 5 heterocycles. The number of thioether (sulfide) groups is 1. The lowest BCUT2D eigenvalue weighted by atomic mass is 10.0. The maximum Gasteiger partial charge on any atom is 0.328 e. The molecule has 0 radical (unpaired) electrons. The number of urea groups is 1. The van der Waals surface area contributed by atoms with Crippen molar-refractivity contribution >= 4 is 39.5 Å². The van der Waals surface area contributed by atoms with Gasteiger partial charge in [0.2, 0.25) is 15.9 Å². The molecule has 2 unspecified atom stereocenters. The molecule has 14 heteroatoms. The average Bonchev–Trinajstić information content (AvgIpc) is 3.21. The maximum absolute atomic E-state index is 13.7. The number of hydrogen-bond acceptors (Lipinski definition) is 9. The molecule has 202 valence electrons. The van der Waals surface area contributed by atoms with Crippen LogP contribution in [0.2, 0.25) is 0 Å². The van der Waals surface area contributed by atoms with Crippen molar-refractivity contribution in [1.82, 2.24) is 29.3 Å². The number of aliphatic hydroxyl groups is 1. The molecule has 0 aromatic carbocycles. The number of amides is 3. The minimum atomic E-state index is -3.83. The van der Waals surface area contributed by atoms with E-state index in [1.54, 1.807) is 35.2 Å². The molecule has 2 aromatic rings. The molecule has 2 N–H and O–H groups in total. The second kappa shape index (κ2) is 9.07. The van der Waals surface area contributed by atoms with Gasteiger partial charge in [-0.15, -0.1) is 0 Å². The van der Waals surface area contributed by atoms with E-state index in [2.05, 4.69) is 14.8 Å². The van der Waals surface area contributed by atoms with Crippen molar-refractivity contribution in [2.75, 3.05) is 18.0 Å². The number of aryl methyl sites for hydroxylation is 1. The van der Waals surface area contributed by atoms with Gasteiger partial charge >= 0.3 is 6.03 Å². The predicted molar refractivity (Wildman–Crippen MR) is 140 cm³/mol. The first-order valence-corrected chi connectivity index (χ1v) is 14.8. The van der Waals surface area contributed by atoms with Crippen molar-refractivity contribution in [2.45, 2.75) is 49.9 Å². The van der Waals surface area contributed by atoms with Gasteiger partial charge in [-0.2, -0.15) is 5.10 Å². The van der Waals surface area contributed by atoms with Crippen LogP contribution in [0.15, 0.2) is 41.0 Å². The Morgan fingerprint density at radius 1 is 1.16 bits per heavy atom. The fourth-order valence-corrected chi connectivity index (χ4v) is 8.15. The SMILES string of the molecule is Cn1cc(CN2C(=O)C3C=C(S(=O)(=O)NC4(C)CC4)SC3N(Cc3ccc(N4CC(O)C4)nc3)C2=O)cn1. The molecule has 3 fully saturated rings. The number of sulfonamides is 1. The highest BCUT2D eigenvalue weighted by Gasteiger charge is 2.52. The summed E-state index contributed by atoms with van der Waals surface area (Å²) in [4.78, 5) is 36.4. The van der Waals surface area contributed by atoms with Crippen LogP contribution in [0, 0.1) is 5.92 Å². The topological polar surface area (TPSA) is 141 Å². The number of pyridine rings is 1. The second-order valence-corrected chi connectivity index (χ2v) is 13.7. The van der Waals surface area contributed by atoms with Gasteiger partial charge in [-0.3, -0.25) is 14.4 Å². The van der Waals surface area contributed by atoms with Crippen LogP contribution in [0.4, 0.5) is 10.6 Å². The molecule has 3 aliphatic heterocycles. The van der Waals surface area contributed by atoms with Crippen LogP contribution >= 0.6 is 11.8 Å². The molecule has 2 saturated heterocycles. The lowest BCUT2D eigenvalue weighted by Crippen LogP contribution is -2.58. The standard InChI is InChI=1S/C24H29N7O5S2/c1-24(5-6-24)27-38(35,36)20-7-18-21(33)30(12-16-9-26-28(2)10-16)23(34)31(22(18)37-20)11-15-3-4-19(25-8-15)29-13-17(32)14-29/h3-4,7-10,17-18,22,27,32H,5-6,11-14H2,1-2H3. The molecule has 4 aliphatic rings. The Bertz CT molecular complexity index is 1410. The van der Waals surface area contributed by atoms with Crippen molar-refractivity contribution in [3.8, 4) is 0 Å². The monoisotopic (exact) mass is 559 g/mol. The van der Waals surface area contributed by atoms with Gasteiger partial charge in [-0.25, -0.2) is 22.9 Å². The molecular formula is C24H29N7O5S2. The summed E-state index contributed by atoms with van der Waals surface area (Å²) >= 11 is 1.03. The summed E-state index contributed by atoms with van der Waals surface area (Å²) in [6.07, 6.45) is 7.67. The van der Waals surface area contributed by atoms with E-state index in [-0.39, 0.29) is 23.4 Å². The number of anilines is 1. The fourth-order valence-electron chi connectivity index (χ4n) is 4.84. The first-order chi connectivity index (χ1) is 18.0.